The fourth-order valence-electron chi connectivity index (χ4n) is 4.13. The summed E-state index contributed by atoms with van der Waals surface area (Å²) in [6.45, 7) is 2.86. The van der Waals surface area contributed by atoms with E-state index in [2.05, 4.69) is 14.9 Å². The normalized spacial score (nSPS) is 16.3. The molecule has 0 radical (unpaired) electrons. The SMILES string of the molecule is Fc1ccc(CCc2ncc3nc(-c4ccccc4Cl)n(C[C@H]4CCNC4)c3n2)cc1. The van der Waals surface area contributed by atoms with Crippen LogP contribution >= 0.6 is 11.6 Å². The topological polar surface area (TPSA) is 55.6 Å². The first-order valence-electron chi connectivity index (χ1n) is 10.6. The van der Waals surface area contributed by atoms with Gasteiger partial charge in [-0.25, -0.2) is 19.3 Å². The zero-order chi connectivity index (χ0) is 21.2. The van der Waals surface area contributed by atoms with Gasteiger partial charge in [-0.2, -0.15) is 0 Å². The van der Waals surface area contributed by atoms with E-state index < -0.39 is 0 Å². The summed E-state index contributed by atoms with van der Waals surface area (Å²) in [5.74, 6) is 1.89. The van der Waals surface area contributed by atoms with Crippen molar-refractivity contribution in [3.05, 3.63) is 77.0 Å². The number of nitrogens with one attached hydrogen (secondary N) is 1. The number of aromatic nitrogens is 4. The Bertz CT molecular complexity index is 1200. The van der Waals surface area contributed by atoms with E-state index in [0.29, 0.717) is 17.4 Å². The second kappa shape index (κ2) is 8.73. The number of aryl methyl sites for hydroxylation is 2. The van der Waals surface area contributed by atoms with Crippen LogP contribution in [0.25, 0.3) is 22.6 Å². The molecule has 0 bridgehead atoms. The minimum absolute atomic E-state index is 0.223. The van der Waals surface area contributed by atoms with Gasteiger partial charge in [0.2, 0.25) is 0 Å². The van der Waals surface area contributed by atoms with Crippen LogP contribution in [0.4, 0.5) is 4.39 Å². The molecule has 0 amide bonds. The Morgan fingerprint density at radius 1 is 1.06 bits per heavy atom. The molecule has 5 rings (SSSR count). The lowest BCUT2D eigenvalue weighted by Crippen LogP contribution is -2.16. The Labute approximate surface area is 185 Å². The number of halogens is 2. The van der Waals surface area contributed by atoms with Gasteiger partial charge in [0.1, 0.15) is 23.0 Å². The van der Waals surface area contributed by atoms with Crippen molar-refractivity contribution in [2.24, 2.45) is 5.92 Å². The lowest BCUT2D eigenvalue weighted by molar-refractivity contribution is 0.490. The molecule has 1 fully saturated rings. The maximum Gasteiger partial charge on any atom is 0.164 e. The van der Waals surface area contributed by atoms with Gasteiger partial charge in [0.15, 0.2) is 5.65 Å². The van der Waals surface area contributed by atoms with Crippen LogP contribution < -0.4 is 5.32 Å². The van der Waals surface area contributed by atoms with Crippen LogP contribution in [-0.4, -0.2) is 32.6 Å². The molecule has 7 heteroatoms. The van der Waals surface area contributed by atoms with E-state index in [1.165, 1.54) is 12.1 Å². The molecule has 5 nitrogen and oxygen atoms in total. The molecule has 0 unspecified atom stereocenters. The van der Waals surface area contributed by atoms with Crippen molar-refractivity contribution in [2.75, 3.05) is 13.1 Å². The van der Waals surface area contributed by atoms with Crippen molar-refractivity contribution < 1.29 is 4.39 Å². The summed E-state index contributed by atoms with van der Waals surface area (Å²) in [6.07, 6.45) is 4.36. The van der Waals surface area contributed by atoms with Crippen molar-refractivity contribution in [3.63, 3.8) is 0 Å². The minimum Gasteiger partial charge on any atom is -0.316 e. The molecule has 158 valence electrons. The molecule has 2 aromatic carbocycles. The largest absolute Gasteiger partial charge is 0.316 e. The number of fused-ring (bicyclic) bond motifs is 1. The van der Waals surface area contributed by atoms with Crippen LogP contribution in [-0.2, 0) is 19.4 Å². The highest BCUT2D eigenvalue weighted by Crippen LogP contribution is 2.30. The molecule has 4 aromatic rings. The Balaban J connectivity index is 1.51. The molecule has 1 N–H and O–H groups in total. The van der Waals surface area contributed by atoms with E-state index in [1.54, 1.807) is 18.3 Å². The number of benzene rings is 2. The van der Waals surface area contributed by atoms with Gasteiger partial charge in [-0.1, -0.05) is 35.9 Å². The number of rotatable bonds is 6. The smallest absolute Gasteiger partial charge is 0.164 e. The van der Waals surface area contributed by atoms with Gasteiger partial charge in [0.25, 0.3) is 0 Å². The zero-order valence-electron chi connectivity index (χ0n) is 17.1. The van der Waals surface area contributed by atoms with Crippen molar-refractivity contribution in [1.82, 2.24) is 24.8 Å². The van der Waals surface area contributed by atoms with Gasteiger partial charge in [-0.15, -0.1) is 0 Å². The number of hydrogen-bond donors (Lipinski definition) is 1. The third-order valence-electron chi connectivity index (χ3n) is 5.81. The third-order valence-corrected chi connectivity index (χ3v) is 6.14. The van der Waals surface area contributed by atoms with Crippen LogP contribution in [0.15, 0.2) is 54.7 Å². The summed E-state index contributed by atoms with van der Waals surface area (Å²) in [7, 11) is 0. The molecule has 2 aromatic heterocycles. The summed E-state index contributed by atoms with van der Waals surface area (Å²) in [5, 5.41) is 4.11. The lowest BCUT2D eigenvalue weighted by atomic mass is 10.1. The van der Waals surface area contributed by atoms with Crippen LogP contribution in [0.3, 0.4) is 0 Å². The predicted octanol–water partition coefficient (Wildman–Crippen LogP) is 4.68. The van der Waals surface area contributed by atoms with Crippen molar-refractivity contribution in [2.45, 2.75) is 25.8 Å². The Hall–Kier alpha value is -2.83. The molecule has 1 atom stereocenters. The Morgan fingerprint density at radius 3 is 2.68 bits per heavy atom. The van der Waals surface area contributed by atoms with E-state index in [4.69, 9.17) is 21.6 Å². The molecule has 1 saturated heterocycles. The van der Waals surface area contributed by atoms with Crippen LogP contribution in [0.1, 0.15) is 17.8 Å². The molecule has 0 spiro atoms. The maximum absolute atomic E-state index is 13.2. The molecular formula is C24H23ClFN5. The van der Waals surface area contributed by atoms with Gasteiger partial charge >= 0.3 is 0 Å². The van der Waals surface area contributed by atoms with E-state index in [1.807, 2.05) is 24.3 Å². The predicted molar refractivity (Wildman–Crippen MR) is 121 cm³/mol. The van der Waals surface area contributed by atoms with E-state index in [9.17, 15) is 4.39 Å². The molecule has 3 heterocycles. The number of hydrogen-bond acceptors (Lipinski definition) is 4. The monoisotopic (exact) mass is 435 g/mol. The summed E-state index contributed by atoms with van der Waals surface area (Å²) >= 11 is 6.51. The minimum atomic E-state index is -0.223. The second-order valence-corrected chi connectivity index (χ2v) is 8.41. The molecule has 1 aliphatic heterocycles. The third kappa shape index (κ3) is 4.31. The van der Waals surface area contributed by atoms with Crippen molar-refractivity contribution in [1.29, 1.82) is 0 Å². The highest BCUT2D eigenvalue weighted by molar-refractivity contribution is 6.33. The van der Waals surface area contributed by atoms with Gasteiger partial charge < -0.3 is 9.88 Å². The van der Waals surface area contributed by atoms with Gasteiger partial charge in [0, 0.05) is 18.5 Å². The summed E-state index contributed by atoms with van der Waals surface area (Å²) in [6, 6.07) is 14.4. The first-order chi connectivity index (χ1) is 15.2. The fraction of sp³-hybridized carbons (Fsp3) is 0.292. The number of imidazole rings is 1. The van der Waals surface area contributed by atoms with E-state index >= 15 is 0 Å². The first-order valence-corrected chi connectivity index (χ1v) is 11.0. The van der Waals surface area contributed by atoms with Crippen LogP contribution in [0.2, 0.25) is 5.02 Å². The molecule has 0 aliphatic carbocycles. The summed E-state index contributed by atoms with van der Waals surface area (Å²) < 4.78 is 15.4. The first kappa shape index (κ1) is 20.1. The van der Waals surface area contributed by atoms with Gasteiger partial charge in [-0.05, 0) is 61.7 Å². The molecule has 1 aliphatic rings. The van der Waals surface area contributed by atoms with Crippen LogP contribution in [0, 0.1) is 11.7 Å². The fourth-order valence-corrected chi connectivity index (χ4v) is 4.35. The summed E-state index contributed by atoms with van der Waals surface area (Å²) in [5.41, 5.74) is 3.57. The maximum atomic E-state index is 13.2. The Kier molecular flexibility index (Phi) is 5.66. The quantitative estimate of drug-likeness (QED) is 0.477. The average molecular weight is 436 g/mol. The van der Waals surface area contributed by atoms with Crippen LogP contribution in [0.5, 0.6) is 0 Å². The van der Waals surface area contributed by atoms with Crippen molar-refractivity contribution >= 4 is 22.8 Å². The Morgan fingerprint density at radius 2 is 1.90 bits per heavy atom. The molecule has 31 heavy (non-hydrogen) atoms. The van der Waals surface area contributed by atoms with Crippen molar-refractivity contribution in [3.8, 4) is 11.4 Å². The lowest BCUT2D eigenvalue weighted by Gasteiger charge is -2.14. The second-order valence-electron chi connectivity index (χ2n) is 8.01. The number of nitrogens with zero attached hydrogens (tertiary/aromatic N) is 4. The zero-order valence-corrected chi connectivity index (χ0v) is 17.8. The van der Waals surface area contributed by atoms with E-state index in [0.717, 1.165) is 66.4 Å². The van der Waals surface area contributed by atoms with E-state index in [-0.39, 0.29) is 5.82 Å². The average Bonchev–Trinajstić information content (AvgIpc) is 3.42. The highest BCUT2D eigenvalue weighted by atomic mass is 35.5. The molecule has 0 saturated carbocycles. The standard InChI is InChI=1S/C24H23ClFN5/c25-20-4-2-1-3-19(20)23-29-21-14-28-22(10-7-16-5-8-18(26)9-6-16)30-24(21)31(23)15-17-11-12-27-13-17/h1-6,8-9,14,17,27H,7,10-13,15H2/t17-/m0/s1. The van der Waals surface area contributed by atoms with Gasteiger partial charge in [0.05, 0.1) is 11.2 Å². The molecular weight excluding hydrogens is 413 g/mol. The van der Waals surface area contributed by atoms with Gasteiger partial charge in [-0.3, -0.25) is 0 Å². The highest BCUT2D eigenvalue weighted by Gasteiger charge is 2.22. The summed E-state index contributed by atoms with van der Waals surface area (Å²) in [4.78, 5) is 14.3.